The third-order valence-electron chi connectivity index (χ3n) is 2.22. The van der Waals surface area contributed by atoms with Gasteiger partial charge in [-0.3, -0.25) is 0 Å². The topological polar surface area (TPSA) is 87.1 Å². The normalized spacial score (nSPS) is 12.6. The Balaban J connectivity index is 2.12. The average molecular weight is 269 g/mol. The third kappa shape index (κ3) is 3.04. The Morgan fingerprint density at radius 3 is 3.00 bits per heavy atom. The number of rotatable bonds is 5. The Bertz CT molecular complexity index is 500. The van der Waals surface area contributed by atoms with Crippen molar-refractivity contribution in [3.8, 4) is 11.6 Å². The quantitative estimate of drug-likeness (QED) is 0.890. The Morgan fingerprint density at radius 1 is 1.50 bits per heavy atom. The van der Waals surface area contributed by atoms with Crippen LogP contribution in [0.1, 0.15) is 18.8 Å². The number of halogens is 1. The van der Waals surface area contributed by atoms with E-state index in [1.54, 1.807) is 12.1 Å². The van der Waals surface area contributed by atoms with Crippen LogP contribution in [0.5, 0.6) is 0 Å². The van der Waals surface area contributed by atoms with Gasteiger partial charge >= 0.3 is 0 Å². The SMILES string of the molecule is CCOCC(N)c1noc(-c2ccc(Cl)cn2)n1. The number of ether oxygens (including phenoxy) is 1. The van der Waals surface area contributed by atoms with E-state index in [4.69, 9.17) is 26.6 Å². The standard InChI is InChI=1S/C11H13ClN4O2/c1-2-17-6-8(13)10-15-11(18-16-10)9-4-3-7(12)5-14-9/h3-5,8H,2,6,13H2,1H3. The van der Waals surface area contributed by atoms with E-state index >= 15 is 0 Å². The molecule has 0 saturated heterocycles. The van der Waals surface area contributed by atoms with Crippen LogP contribution in [0.25, 0.3) is 11.6 Å². The second kappa shape index (κ2) is 5.90. The van der Waals surface area contributed by atoms with Gasteiger partial charge < -0.3 is 15.0 Å². The molecule has 0 fully saturated rings. The van der Waals surface area contributed by atoms with Crippen molar-refractivity contribution in [2.24, 2.45) is 5.73 Å². The molecule has 2 aromatic heterocycles. The van der Waals surface area contributed by atoms with Crippen molar-refractivity contribution in [3.05, 3.63) is 29.2 Å². The molecule has 7 heteroatoms. The summed E-state index contributed by atoms with van der Waals surface area (Å²) in [6, 6.07) is 3.00. The molecule has 0 aliphatic heterocycles. The van der Waals surface area contributed by atoms with Crippen LogP contribution in [0.2, 0.25) is 5.02 Å². The van der Waals surface area contributed by atoms with Crippen molar-refractivity contribution in [2.45, 2.75) is 13.0 Å². The summed E-state index contributed by atoms with van der Waals surface area (Å²) < 4.78 is 10.3. The molecule has 1 atom stereocenters. The monoisotopic (exact) mass is 268 g/mol. The molecule has 0 aliphatic rings. The highest BCUT2D eigenvalue weighted by atomic mass is 35.5. The molecule has 0 radical (unpaired) electrons. The van der Waals surface area contributed by atoms with Gasteiger partial charge in [0.05, 0.1) is 17.7 Å². The van der Waals surface area contributed by atoms with Gasteiger partial charge in [0, 0.05) is 12.8 Å². The van der Waals surface area contributed by atoms with E-state index in [1.807, 2.05) is 6.92 Å². The highest BCUT2D eigenvalue weighted by molar-refractivity contribution is 6.30. The largest absolute Gasteiger partial charge is 0.380 e. The van der Waals surface area contributed by atoms with Gasteiger partial charge in [-0.25, -0.2) is 4.98 Å². The Kier molecular flexibility index (Phi) is 4.24. The summed E-state index contributed by atoms with van der Waals surface area (Å²) in [6.45, 7) is 2.84. The van der Waals surface area contributed by atoms with E-state index in [0.29, 0.717) is 35.6 Å². The number of hydrogen-bond acceptors (Lipinski definition) is 6. The van der Waals surface area contributed by atoms with Crippen LogP contribution >= 0.6 is 11.6 Å². The first-order valence-electron chi connectivity index (χ1n) is 5.49. The van der Waals surface area contributed by atoms with E-state index in [0.717, 1.165) is 0 Å². The molecule has 1 unspecified atom stereocenters. The van der Waals surface area contributed by atoms with Crippen molar-refractivity contribution in [2.75, 3.05) is 13.2 Å². The molecular weight excluding hydrogens is 256 g/mol. The molecule has 0 amide bonds. The van der Waals surface area contributed by atoms with Crippen LogP contribution < -0.4 is 5.73 Å². The molecule has 0 saturated carbocycles. The molecule has 96 valence electrons. The van der Waals surface area contributed by atoms with E-state index in [1.165, 1.54) is 6.20 Å². The summed E-state index contributed by atoms with van der Waals surface area (Å²) in [4.78, 5) is 8.26. The van der Waals surface area contributed by atoms with Gasteiger partial charge in [0.2, 0.25) is 0 Å². The molecule has 2 N–H and O–H groups in total. The molecule has 0 spiro atoms. The maximum Gasteiger partial charge on any atom is 0.276 e. The fourth-order valence-electron chi connectivity index (χ4n) is 1.31. The van der Waals surface area contributed by atoms with E-state index in [9.17, 15) is 0 Å². The maximum absolute atomic E-state index is 5.85. The maximum atomic E-state index is 5.85. The molecule has 0 bridgehead atoms. The average Bonchev–Trinajstić information content (AvgIpc) is 2.86. The van der Waals surface area contributed by atoms with Crippen LogP contribution in [-0.2, 0) is 4.74 Å². The fourth-order valence-corrected chi connectivity index (χ4v) is 1.42. The number of pyridine rings is 1. The predicted molar refractivity (Wildman–Crippen MR) is 66.0 cm³/mol. The van der Waals surface area contributed by atoms with Gasteiger partial charge in [-0.2, -0.15) is 4.98 Å². The lowest BCUT2D eigenvalue weighted by atomic mass is 10.3. The Labute approximate surface area is 109 Å². The summed E-state index contributed by atoms with van der Waals surface area (Å²) in [7, 11) is 0. The van der Waals surface area contributed by atoms with E-state index < -0.39 is 6.04 Å². The molecular formula is C11H13ClN4O2. The van der Waals surface area contributed by atoms with Crippen LogP contribution in [0, 0.1) is 0 Å². The molecule has 2 aromatic rings. The summed E-state index contributed by atoms with van der Waals surface area (Å²) >= 11 is 5.75. The van der Waals surface area contributed by atoms with Crippen LogP contribution in [-0.4, -0.2) is 28.3 Å². The highest BCUT2D eigenvalue weighted by Crippen LogP contribution is 2.18. The summed E-state index contributed by atoms with van der Waals surface area (Å²) in [6.07, 6.45) is 1.51. The molecule has 0 aromatic carbocycles. The highest BCUT2D eigenvalue weighted by Gasteiger charge is 2.15. The van der Waals surface area contributed by atoms with Gasteiger partial charge in [0.15, 0.2) is 5.82 Å². The van der Waals surface area contributed by atoms with E-state index in [-0.39, 0.29) is 0 Å². The lowest BCUT2D eigenvalue weighted by Gasteiger charge is -2.05. The van der Waals surface area contributed by atoms with Gasteiger partial charge in [0.25, 0.3) is 5.89 Å². The molecule has 2 rings (SSSR count). The first-order chi connectivity index (χ1) is 8.70. The number of aromatic nitrogens is 3. The minimum Gasteiger partial charge on any atom is -0.380 e. The minimum atomic E-state index is -0.408. The van der Waals surface area contributed by atoms with Crippen LogP contribution in [0.4, 0.5) is 0 Å². The van der Waals surface area contributed by atoms with E-state index in [2.05, 4.69) is 15.1 Å². The zero-order valence-electron chi connectivity index (χ0n) is 9.84. The molecule has 18 heavy (non-hydrogen) atoms. The smallest absolute Gasteiger partial charge is 0.276 e. The fraction of sp³-hybridized carbons (Fsp3) is 0.364. The van der Waals surface area contributed by atoms with Crippen molar-refractivity contribution in [1.29, 1.82) is 0 Å². The second-order valence-corrected chi connectivity index (χ2v) is 4.02. The summed E-state index contributed by atoms with van der Waals surface area (Å²) in [5.41, 5.74) is 6.40. The number of nitrogens with two attached hydrogens (primary N) is 1. The molecule has 6 nitrogen and oxygen atoms in total. The van der Waals surface area contributed by atoms with Gasteiger partial charge in [-0.1, -0.05) is 16.8 Å². The van der Waals surface area contributed by atoms with Crippen molar-refractivity contribution < 1.29 is 9.26 Å². The summed E-state index contributed by atoms with van der Waals surface area (Å²) in [5.74, 6) is 0.712. The van der Waals surface area contributed by atoms with Gasteiger partial charge in [-0.15, -0.1) is 0 Å². The Hall–Kier alpha value is -1.50. The third-order valence-corrected chi connectivity index (χ3v) is 2.44. The van der Waals surface area contributed by atoms with Gasteiger partial charge in [0.1, 0.15) is 5.69 Å². The zero-order chi connectivity index (χ0) is 13.0. The predicted octanol–water partition coefficient (Wildman–Crippen LogP) is 1.82. The lowest BCUT2D eigenvalue weighted by Crippen LogP contribution is -2.18. The van der Waals surface area contributed by atoms with Crippen LogP contribution in [0.15, 0.2) is 22.9 Å². The molecule has 0 aliphatic carbocycles. The Morgan fingerprint density at radius 2 is 2.33 bits per heavy atom. The van der Waals surface area contributed by atoms with Crippen LogP contribution in [0.3, 0.4) is 0 Å². The number of nitrogens with zero attached hydrogens (tertiary/aromatic N) is 3. The molecule has 2 heterocycles. The van der Waals surface area contributed by atoms with Crippen molar-refractivity contribution in [1.82, 2.24) is 15.1 Å². The minimum absolute atomic E-state index is 0.314. The van der Waals surface area contributed by atoms with Crippen molar-refractivity contribution >= 4 is 11.6 Å². The second-order valence-electron chi connectivity index (χ2n) is 3.59. The summed E-state index contributed by atoms with van der Waals surface area (Å²) in [5, 5.41) is 4.35. The lowest BCUT2D eigenvalue weighted by molar-refractivity contribution is 0.130. The zero-order valence-corrected chi connectivity index (χ0v) is 10.6. The first-order valence-corrected chi connectivity index (χ1v) is 5.87. The first kappa shape index (κ1) is 12.9. The number of hydrogen-bond donors (Lipinski definition) is 1. The van der Waals surface area contributed by atoms with Gasteiger partial charge in [-0.05, 0) is 19.1 Å². The van der Waals surface area contributed by atoms with Crippen molar-refractivity contribution in [3.63, 3.8) is 0 Å².